The summed E-state index contributed by atoms with van der Waals surface area (Å²) in [5.41, 5.74) is 3.03. The molecule has 0 radical (unpaired) electrons. The van der Waals surface area contributed by atoms with Crippen molar-refractivity contribution >= 4 is 10.0 Å². The highest BCUT2D eigenvalue weighted by atomic mass is 32.2. The molecule has 0 bridgehead atoms. The van der Waals surface area contributed by atoms with Crippen LogP contribution in [0.4, 0.5) is 0 Å². The lowest BCUT2D eigenvalue weighted by molar-refractivity contribution is 0.169. The number of hydrogen-bond acceptors (Lipinski definition) is 7. The minimum absolute atomic E-state index is 0.169. The van der Waals surface area contributed by atoms with Crippen LogP contribution in [-0.2, 0) is 23.2 Å². The van der Waals surface area contributed by atoms with Gasteiger partial charge in [-0.3, -0.25) is 9.69 Å². The van der Waals surface area contributed by atoms with Gasteiger partial charge in [0.05, 0.1) is 18.6 Å². The molecule has 1 aliphatic rings. The van der Waals surface area contributed by atoms with Crippen LogP contribution in [-0.4, -0.2) is 50.9 Å². The summed E-state index contributed by atoms with van der Waals surface area (Å²) in [4.78, 5) is 14.8. The number of sulfonamides is 1. The molecule has 0 amide bonds. The van der Waals surface area contributed by atoms with E-state index in [0.717, 1.165) is 16.7 Å². The Morgan fingerprint density at radius 2 is 1.69 bits per heavy atom. The zero-order valence-electron chi connectivity index (χ0n) is 20.2. The van der Waals surface area contributed by atoms with Crippen LogP contribution in [0.2, 0.25) is 0 Å². The smallest absolute Gasteiger partial charge is 0.243 e. The number of aryl methyl sites for hydroxylation is 2. The van der Waals surface area contributed by atoms with Crippen LogP contribution in [0, 0.1) is 13.8 Å². The zero-order chi connectivity index (χ0) is 25.0. The minimum atomic E-state index is -3.60. The normalized spacial score (nSPS) is 15.2. The molecule has 0 spiro atoms. The molecule has 0 N–H and O–H groups in total. The summed E-state index contributed by atoms with van der Waals surface area (Å²) >= 11 is 0. The summed E-state index contributed by atoms with van der Waals surface area (Å²) in [6.07, 6.45) is 1.35. The Kier molecular flexibility index (Phi) is 7.59. The van der Waals surface area contributed by atoms with Gasteiger partial charge in [0.15, 0.2) is 0 Å². The highest BCUT2D eigenvalue weighted by molar-refractivity contribution is 7.89. The third kappa shape index (κ3) is 6.11. The number of ether oxygens (including phenoxy) is 2. The number of rotatable bonds is 8. The second kappa shape index (κ2) is 10.6. The number of methoxy groups -OCH3 is 1. The predicted molar refractivity (Wildman–Crippen MR) is 132 cm³/mol. The molecule has 35 heavy (non-hydrogen) atoms. The Bertz CT molecular complexity index is 1320. The standard InChI is InChI=1S/C26H30N2O6S/c1-19-11-20(2)13-21(12-19)17-34-26-18-33-23(15-25(26)29)16-27-7-9-28(10-8-27)35(30,31)24-6-4-5-22(14-24)32-3/h4-6,11-15,18H,7-10,16-17H2,1-3H3. The van der Waals surface area contributed by atoms with Crippen molar-refractivity contribution < 1.29 is 22.3 Å². The second-order valence-electron chi connectivity index (χ2n) is 8.72. The van der Waals surface area contributed by atoms with Crippen LogP contribution in [0.3, 0.4) is 0 Å². The van der Waals surface area contributed by atoms with Crippen molar-refractivity contribution in [2.24, 2.45) is 0 Å². The quantitative estimate of drug-likeness (QED) is 0.471. The molecule has 1 aromatic heterocycles. The van der Waals surface area contributed by atoms with Gasteiger partial charge < -0.3 is 13.9 Å². The summed E-state index contributed by atoms with van der Waals surface area (Å²) in [5, 5.41) is 0. The van der Waals surface area contributed by atoms with Crippen molar-refractivity contribution in [1.29, 1.82) is 0 Å². The first-order chi connectivity index (χ1) is 16.7. The Labute approximate surface area is 205 Å². The topological polar surface area (TPSA) is 89.3 Å². The minimum Gasteiger partial charge on any atom is -0.497 e. The van der Waals surface area contributed by atoms with Gasteiger partial charge in [-0.15, -0.1) is 0 Å². The monoisotopic (exact) mass is 498 g/mol. The number of piperazine rings is 1. The van der Waals surface area contributed by atoms with Gasteiger partial charge in [-0.05, 0) is 31.5 Å². The summed E-state index contributed by atoms with van der Waals surface area (Å²) in [6, 6.07) is 14.1. The van der Waals surface area contributed by atoms with Gasteiger partial charge in [0.2, 0.25) is 21.2 Å². The van der Waals surface area contributed by atoms with E-state index in [1.54, 1.807) is 18.2 Å². The van der Waals surface area contributed by atoms with Crippen LogP contribution < -0.4 is 14.9 Å². The molecule has 0 aliphatic carbocycles. The van der Waals surface area contributed by atoms with E-state index < -0.39 is 10.0 Å². The Morgan fingerprint density at radius 1 is 0.971 bits per heavy atom. The summed E-state index contributed by atoms with van der Waals surface area (Å²) in [7, 11) is -2.09. The Hall–Kier alpha value is -3.14. The van der Waals surface area contributed by atoms with Crippen LogP contribution in [0.5, 0.6) is 11.5 Å². The molecule has 3 aromatic rings. The van der Waals surface area contributed by atoms with Gasteiger partial charge in [0.25, 0.3) is 0 Å². The van der Waals surface area contributed by atoms with Crippen molar-refractivity contribution in [3.63, 3.8) is 0 Å². The molecular formula is C26H30N2O6S. The van der Waals surface area contributed by atoms with Crippen LogP contribution in [0.15, 0.2) is 68.9 Å². The van der Waals surface area contributed by atoms with E-state index in [-0.39, 0.29) is 22.7 Å². The zero-order valence-corrected chi connectivity index (χ0v) is 21.0. The molecular weight excluding hydrogens is 468 g/mol. The molecule has 0 atom stereocenters. The molecule has 4 rings (SSSR count). The van der Waals surface area contributed by atoms with Crippen LogP contribution >= 0.6 is 0 Å². The van der Waals surface area contributed by atoms with Crippen molar-refractivity contribution in [1.82, 2.24) is 9.21 Å². The summed E-state index contributed by atoms with van der Waals surface area (Å²) < 4.78 is 43.9. The Morgan fingerprint density at radius 3 is 2.34 bits per heavy atom. The number of benzene rings is 2. The number of nitrogens with zero attached hydrogens (tertiary/aromatic N) is 2. The van der Waals surface area contributed by atoms with Gasteiger partial charge in [0, 0.05) is 38.3 Å². The molecule has 2 heterocycles. The molecule has 0 unspecified atom stereocenters. The van der Waals surface area contributed by atoms with E-state index in [4.69, 9.17) is 13.9 Å². The Balaban J connectivity index is 1.33. The van der Waals surface area contributed by atoms with Gasteiger partial charge >= 0.3 is 0 Å². The maximum Gasteiger partial charge on any atom is 0.243 e. The van der Waals surface area contributed by atoms with E-state index in [9.17, 15) is 13.2 Å². The molecule has 1 fully saturated rings. The molecule has 8 nitrogen and oxygen atoms in total. The lowest BCUT2D eigenvalue weighted by Crippen LogP contribution is -2.48. The lowest BCUT2D eigenvalue weighted by Gasteiger charge is -2.33. The summed E-state index contributed by atoms with van der Waals surface area (Å²) in [6.45, 7) is 6.49. The first kappa shape index (κ1) is 25.0. The maximum absolute atomic E-state index is 13.0. The molecule has 1 aliphatic heterocycles. The van der Waals surface area contributed by atoms with E-state index in [2.05, 4.69) is 11.0 Å². The van der Waals surface area contributed by atoms with Crippen molar-refractivity contribution in [3.05, 3.63) is 87.5 Å². The van der Waals surface area contributed by atoms with E-state index in [1.807, 2.05) is 26.0 Å². The van der Waals surface area contributed by atoms with Gasteiger partial charge in [-0.1, -0.05) is 35.4 Å². The molecule has 9 heteroatoms. The average molecular weight is 499 g/mol. The lowest BCUT2D eigenvalue weighted by atomic mass is 10.1. The van der Waals surface area contributed by atoms with E-state index >= 15 is 0 Å². The van der Waals surface area contributed by atoms with E-state index in [1.165, 1.54) is 29.8 Å². The fraction of sp³-hybridized carbons (Fsp3) is 0.346. The second-order valence-corrected chi connectivity index (χ2v) is 10.7. The number of hydrogen-bond donors (Lipinski definition) is 0. The van der Waals surface area contributed by atoms with Crippen LogP contribution in [0.25, 0.3) is 0 Å². The molecule has 2 aromatic carbocycles. The predicted octanol–water partition coefficient (Wildman–Crippen LogP) is 3.35. The largest absolute Gasteiger partial charge is 0.497 e. The highest BCUT2D eigenvalue weighted by Gasteiger charge is 2.29. The van der Waals surface area contributed by atoms with Crippen molar-refractivity contribution in [2.75, 3.05) is 33.3 Å². The highest BCUT2D eigenvalue weighted by Crippen LogP contribution is 2.22. The molecule has 1 saturated heterocycles. The van der Waals surface area contributed by atoms with Crippen molar-refractivity contribution in [3.8, 4) is 11.5 Å². The van der Waals surface area contributed by atoms with Gasteiger partial charge in [-0.2, -0.15) is 4.31 Å². The molecule has 186 valence electrons. The molecule has 0 saturated carbocycles. The fourth-order valence-corrected chi connectivity index (χ4v) is 5.66. The van der Waals surface area contributed by atoms with Crippen LogP contribution in [0.1, 0.15) is 22.5 Å². The van der Waals surface area contributed by atoms with Gasteiger partial charge in [-0.25, -0.2) is 8.42 Å². The third-order valence-corrected chi connectivity index (χ3v) is 7.81. The maximum atomic E-state index is 13.0. The first-order valence-corrected chi connectivity index (χ1v) is 12.9. The first-order valence-electron chi connectivity index (χ1n) is 11.4. The van der Waals surface area contributed by atoms with E-state index in [0.29, 0.717) is 44.2 Å². The SMILES string of the molecule is COc1cccc(S(=O)(=O)N2CCN(Cc3cc(=O)c(OCc4cc(C)cc(C)c4)co3)CC2)c1. The van der Waals surface area contributed by atoms with Crippen molar-refractivity contribution in [2.45, 2.75) is 31.9 Å². The fourth-order valence-electron chi connectivity index (χ4n) is 4.20. The van der Waals surface area contributed by atoms with Gasteiger partial charge in [0.1, 0.15) is 24.4 Å². The average Bonchev–Trinajstić information content (AvgIpc) is 2.83. The third-order valence-electron chi connectivity index (χ3n) is 5.92. The summed E-state index contributed by atoms with van der Waals surface area (Å²) in [5.74, 6) is 1.18.